The number of carbonyl (C=O) groups excluding carboxylic acids is 2. The second kappa shape index (κ2) is 4.30. The Balaban J connectivity index is 2.30. The van der Waals surface area contributed by atoms with Crippen LogP contribution in [0.5, 0.6) is 0 Å². The molecule has 0 saturated carbocycles. The molecule has 4 nitrogen and oxygen atoms in total. The number of carbonyl (C=O) groups is 2. The van der Waals surface area contributed by atoms with Gasteiger partial charge in [0.05, 0.1) is 12.5 Å². The minimum atomic E-state index is -0.194. The molecule has 0 aromatic rings. The Hall–Kier alpha value is -0.770. The summed E-state index contributed by atoms with van der Waals surface area (Å²) in [6.45, 7) is 0.833. The molecule has 1 aliphatic heterocycles. The van der Waals surface area contributed by atoms with Crippen LogP contribution in [0.15, 0.2) is 0 Å². The first-order valence-corrected chi connectivity index (χ1v) is 4.38. The highest BCUT2D eigenvalue weighted by molar-refractivity contribution is 6.18. The molecular weight excluding hydrogens is 180 g/mol. The van der Waals surface area contributed by atoms with Crippen LogP contribution in [-0.2, 0) is 9.59 Å². The van der Waals surface area contributed by atoms with Crippen molar-refractivity contribution in [1.82, 2.24) is 10.2 Å². The Morgan fingerprint density at radius 2 is 2.42 bits per heavy atom. The Bertz CT molecular complexity index is 196. The van der Waals surface area contributed by atoms with Crippen LogP contribution >= 0.6 is 11.6 Å². The van der Waals surface area contributed by atoms with Gasteiger partial charge in [-0.05, 0) is 6.42 Å². The number of likely N-dealkylation sites (tertiary alicyclic amines) is 1. The van der Waals surface area contributed by atoms with Gasteiger partial charge in [-0.3, -0.25) is 9.59 Å². The maximum atomic E-state index is 11.0. The molecule has 1 saturated heterocycles. The van der Waals surface area contributed by atoms with Crippen LogP contribution in [-0.4, -0.2) is 35.8 Å². The van der Waals surface area contributed by atoms with E-state index < -0.39 is 0 Å². The predicted octanol–water partition coefficient (Wildman–Crippen LogP) is -0.0787. The van der Waals surface area contributed by atoms with Gasteiger partial charge in [-0.1, -0.05) is 0 Å². The lowest BCUT2D eigenvalue weighted by atomic mass is 10.4. The van der Waals surface area contributed by atoms with Crippen LogP contribution < -0.4 is 5.32 Å². The van der Waals surface area contributed by atoms with Crippen molar-refractivity contribution < 1.29 is 9.59 Å². The van der Waals surface area contributed by atoms with Crippen LogP contribution in [0.25, 0.3) is 0 Å². The van der Waals surface area contributed by atoms with E-state index in [4.69, 9.17) is 11.6 Å². The van der Waals surface area contributed by atoms with Gasteiger partial charge in [0.2, 0.25) is 11.8 Å². The molecule has 1 fully saturated rings. The normalized spacial score (nSPS) is 16.8. The Labute approximate surface area is 75.9 Å². The number of rotatable bonds is 3. The van der Waals surface area contributed by atoms with E-state index >= 15 is 0 Å². The molecule has 0 aromatic heterocycles. The number of amides is 2. The molecule has 2 amide bonds. The molecule has 0 bridgehead atoms. The summed E-state index contributed by atoms with van der Waals surface area (Å²) in [5.41, 5.74) is 0. The number of halogens is 1. The fourth-order valence-electron chi connectivity index (χ4n) is 1.17. The zero-order chi connectivity index (χ0) is 8.97. The van der Waals surface area contributed by atoms with E-state index in [1.807, 2.05) is 0 Å². The first-order valence-electron chi connectivity index (χ1n) is 3.84. The summed E-state index contributed by atoms with van der Waals surface area (Å²) in [5.74, 6) is -0.139. The van der Waals surface area contributed by atoms with E-state index in [1.54, 1.807) is 4.90 Å². The molecule has 0 aromatic carbocycles. The Morgan fingerprint density at radius 1 is 1.67 bits per heavy atom. The van der Waals surface area contributed by atoms with Gasteiger partial charge in [0.25, 0.3) is 0 Å². The van der Waals surface area contributed by atoms with E-state index in [0.29, 0.717) is 13.0 Å². The number of hydrogen-bond donors (Lipinski definition) is 1. The van der Waals surface area contributed by atoms with E-state index in [-0.39, 0.29) is 24.4 Å². The third kappa shape index (κ3) is 2.37. The number of nitrogens with one attached hydrogen (secondary N) is 1. The molecule has 0 aliphatic carbocycles. The second-order valence-corrected chi connectivity index (χ2v) is 2.92. The van der Waals surface area contributed by atoms with Gasteiger partial charge in [-0.25, -0.2) is 0 Å². The molecule has 1 rings (SSSR count). The molecule has 0 radical (unpaired) electrons. The Morgan fingerprint density at radius 3 is 2.92 bits per heavy atom. The Kier molecular flexibility index (Phi) is 3.34. The summed E-state index contributed by atoms with van der Waals surface area (Å²) in [7, 11) is 0. The van der Waals surface area contributed by atoms with Crippen LogP contribution in [0.3, 0.4) is 0 Å². The van der Waals surface area contributed by atoms with Crippen LogP contribution in [0.4, 0.5) is 0 Å². The van der Waals surface area contributed by atoms with Gasteiger partial charge in [0.15, 0.2) is 0 Å². The van der Waals surface area contributed by atoms with Crippen LogP contribution in [0, 0.1) is 0 Å². The third-order valence-electron chi connectivity index (χ3n) is 1.77. The van der Waals surface area contributed by atoms with Crippen molar-refractivity contribution in [3.63, 3.8) is 0 Å². The molecule has 5 heteroatoms. The maximum Gasteiger partial charge on any atom is 0.240 e. The molecule has 1 aliphatic rings. The van der Waals surface area contributed by atoms with Crippen molar-refractivity contribution in [3.8, 4) is 0 Å². The molecule has 0 spiro atoms. The van der Waals surface area contributed by atoms with Crippen molar-refractivity contribution in [2.75, 3.05) is 19.1 Å². The number of nitrogens with zero attached hydrogens (tertiary/aromatic N) is 1. The largest absolute Gasteiger partial charge is 0.341 e. The summed E-state index contributed by atoms with van der Waals surface area (Å²) >= 11 is 5.28. The van der Waals surface area contributed by atoms with Gasteiger partial charge >= 0.3 is 0 Å². The summed E-state index contributed by atoms with van der Waals surface area (Å²) in [4.78, 5) is 23.5. The topological polar surface area (TPSA) is 49.4 Å². The van der Waals surface area contributed by atoms with Crippen molar-refractivity contribution in [3.05, 3.63) is 0 Å². The molecule has 68 valence electrons. The number of hydrogen-bond acceptors (Lipinski definition) is 2. The first kappa shape index (κ1) is 9.32. The summed E-state index contributed by atoms with van der Waals surface area (Å²) in [6.07, 6.45) is 1.42. The highest BCUT2D eigenvalue weighted by Crippen LogP contribution is 2.08. The number of alkyl halides is 1. The van der Waals surface area contributed by atoms with Gasteiger partial charge in [0, 0.05) is 13.0 Å². The fourth-order valence-corrected chi connectivity index (χ4v) is 1.32. The fraction of sp³-hybridized carbons (Fsp3) is 0.714. The minimum absolute atomic E-state index is 0.0553. The highest BCUT2D eigenvalue weighted by atomic mass is 35.5. The first-order chi connectivity index (χ1) is 5.74. The van der Waals surface area contributed by atoms with Crippen LogP contribution in [0.2, 0.25) is 0 Å². The van der Waals surface area contributed by atoms with Crippen molar-refractivity contribution in [1.29, 1.82) is 0 Å². The lowest BCUT2D eigenvalue weighted by Crippen LogP contribution is -2.37. The van der Waals surface area contributed by atoms with Gasteiger partial charge in [0.1, 0.15) is 0 Å². The molecule has 1 heterocycles. The lowest BCUT2D eigenvalue weighted by Gasteiger charge is -2.13. The molecular formula is C7H11ClN2O2. The maximum absolute atomic E-state index is 11.0. The summed E-state index contributed by atoms with van der Waals surface area (Å²) < 4.78 is 0. The molecule has 12 heavy (non-hydrogen) atoms. The van der Waals surface area contributed by atoms with E-state index in [0.717, 1.165) is 6.42 Å². The third-order valence-corrected chi connectivity index (χ3v) is 1.90. The van der Waals surface area contributed by atoms with E-state index in [9.17, 15) is 9.59 Å². The average molecular weight is 191 g/mol. The standard InChI is InChI=1S/C7H11ClN2O2/c8-5-9-6(11)4-10-3-1-2-7(10)12/h1-5H2,(H,9,11). The molecule has 0 atom stereocenters. The molecule has 0 unspecified atom stereocenters. The summed E-state index contributed by atoms with van der Waals surface area (Å²) in [5, 5.41) is 2.43. The minimum Gasteiger partial charge on any atom is -0.341 e. The monoisotopic (exact) mass is 190 g/mol. The quantitative estimate of drug-likeness (QED) is 0.500. The van der Waals surface area contributed by atoms with E-state index in [2.05, 4.69) is 5.32 Å². The zero-order valence-corrected chi connectivity index (χ0v) is 7.43. The van der Waals surface area contributed by atoms with Crippen LogP contribution in [0.1, 0.15) is 12.8 Å². The highest BCUT2D eigenvalue weighted by Gasteiger charge is 2.21. The second-order valence-electron chi connectivity index (χ2n) is 2.65. The van der Waals surface area contributed by atoms with Gasteiger partial charge in [-0.15, -0.1) is 11.6 Å². The van der Waals surface area contributed by atoms with Crippen molar-refractivity contribution in [2.45, 2.75) is 12.8 Å². The van der Waals surface area contributed by atoms with Gasteiger partial charge < -0.3 is 10.2 Å². The summed E-state index contributed by atoms with van der Waals surface area (Å²) in [6, 6.07) is 0.0981. The molecule has 1 N–H and O–H groups in total. The smallest absolute Gasteiger partial charge is 0.240 e. The van der Waals surface area contributed by atoms with Crippen molar-refractivity contribution >= 4 is 23.4 Å². The SMILES string of the molecule is O=C(CN1CCCC1=O)NCCl. The van der Waals surface area contributed by atoms with Crippen molar-refractivity contribution in [2.24, 2.45) is 0 Å². The van der Waals surface area contributed by atoms with E-state index in [1.165, 1.54) is 0 Å². The predicted molar refractivity (Wildman–Crippen MR) is 44.7 cm³/mol. The zero-order valence-electron chi connectivity index (χ0n) is 6.68. The lowest BCUT2D eigenvalue weighted by molar-refractivity contribution is -0.132. The average Bonchev–Trinajstić information content (AvgIpc) is 2.37. The van der Waals surface area contributed by atoms with Gasteiger partial charge in [-0.2, -0.15) is 0 Å².